The van der Waals surface area contributed by atoms with Gasteiger partial charge in [-0.3, -0.25) is 0 Å². The number of hydrogen-bond acceptors (Lipinski definition) is 1. The van der Waals surface area contributed by atoms with E-state index in [1.54, 1.807) is 0 Å². The van der Waals surface area contributed by atoms with E-state index in [2.05, 4.69) is 172 Å². The van der Waals surface area contributed by atoms with Gasteiger partial charge >= 0.3 is 0 Å². The molecule has 0 fully saturated rings. The van der Waals surface area contributed by atoms with Crippen LogP contribution in [0.1, 0.15) is 36.1 Å². The van der Waals surface area contributed by atoms with Crippen LogP contribution in [0.3, 0.4) is 0 Å². The molecule has 0 heterocycles. The lowest BCUT2D eigenvalue weighted by molar-refractivity contribution is 0.660. The van der Waals surface area contributed by atoms with E-state index in [-0.39, 0.29) is 5.41 Å². The summed E-state index contributed by atoms with van der Waals surface area (Å²) in [5, 5.41) is 7.97. The molecule has 9 rings (SSSR count). The van der Waals surface area contributed by atoms with Gasteiger partial charge in [0.15, 0.2) is 0 Å². The van der Waals surface area contributed by atoms with Crippen LogP contribution in [0.15, 0.2) is 140 Å². The van der Waals surface area contributed by atoms with Crippen LogP contribution in [-0.2, 0) is 5.41 Å². The van der Waals surface area contributed by atoms with Crippen molar-refractivity contribution in [3.8, 4) is 22.3 Å². The minimum atomic E-state index is -0.147. The van der Waals surface area contributed by atoms with E-state index in [9.17, 15) is 0 Å². The third kappa shape index (κ3) is 3.95. The molecular formula is C45H35N. The van der Waals surface area contributed by atoms with Gasteiger partial charge in [-0.2, -0.15) is 0 Å². The van der Waals surface area contributed by atoms with Crippen molar-refractivity contribution in [2.75, 3.05) is 4.90 Å². The van der Waals surface area contributed by atoms with Crippen molar-refractivity contribution in [3.63, 3.8) is 0 Å². The molecule has 0 bridgehead atoms. The average molecular weight is 590 g/mol. The van der Waals surface area contributed by atoms with Gasteiger partial charge in [0.05, 0.1) is 0 Å². The van der Waals surface area contributed by atoms with E-state index in [1.165, 1.54) is 93.9 Å². The van der Waals surface area contributed by atoms with Crippen molar-refractivity contribution >= 4 is 49.4 Å². The van der Waals surface area contributed by atoms with E-state index in [4.69, 9.17) is 0 Å². The van der Waals surface area contributed by atoms with E-state index >= 15 is 0 Å². The molecule has 220 valence electrons. The first kappa shape index (κ1) is 27.0. The molecular weight excluding hydrogens is 555 g/mol. The first-order valence-corrected chi connectivity index (χ1v) is 16.3. The Balaban J connectivity index is 1.18. The van der Waals surface area contributed by atoms with E-state index < -0.39 is 0 Å². The summed E-state index contributed by atoms with van der Waals surface area (Å²) < 4.78 is 0. The topological polar surface area (TPSA) is 3.24 Å². The maximum absolute atomic E-state index is 2.46. The van der Waals surface area contributed by atoms with Crippen LogP contribution >= 0.6 is 0 Å². The van der Waals surface area contributed by atoms with Gasteiger partial charge in [-0.1, -0.05) is 111 Å². The maximum atomic E-state index is 2.46. The molecule has 0 amide bonds. The summed E-state index contributed by atoms with van der Waals surface area (Å²) in [4.78, 5) is 2.40. The molecule has 1 heteroatoms. The molecule has 0 saturated carbocycles. The van der Waals surface area contributed by atoms with Crippen molar-refractivity contribution in [1.29, 1.82) is 0 Å². The molecule has 0 saturated heterocycles. The third-order valence-electron chi connectivity index (χ3n) is 10.3. The van der Waals surface area contributed by atoms with Gasteiger partial charge in [0.1, 0.15) is 0 Å². The van der Waals surface area contributed by atoms with Crippen LogP contribution < -0.4 is 4.90 Å². The number of aryl methyl sites for hydroxylation is 2. The van der Waals surface area contributed by atoms with Gasteiger partial charge < -0.3 is 4.90 Å². The summed E-state index contributed by atoms with van der Waals surface area (Å²) in [5.41, 5.74) is 13.9. The summed E-state index contributed by atoms with van der Waals surface area (Å²) in [5.74, 6) is 0. The summed E-state index contributed by atoms with van der Waals surface area (Å²) in [6.07, 6.45) is 0. The Morgan fingerprint density at radius 3 is 1.63 bits per heavy atom. The molecule has 8 aromatic rings. The molecule has 0 spiro atoms. The van der Waals surface area contributed by atoms with Crippen LogP contribution in [-0.4, -0.2) is 0 Å². The van der Waals surface area contributed by atoms with Gasteiger partial charge in [0.2, 0.25) is 0 Å². The second-order valence-electron chi connectivity index (χ2n) is 13.6. The molecule has 8 aromatic carbocycles. The Hall–Kier alpha value is -5.40. The summed E-state index contributed by atoms with van der Waals surface area (Å²) in [7, 11) is 0. The predicted octanol–water partition coefficient (Wildman–Crippen LogP) is 12.6. The Labute approximate surface area is 270 Å². The highest BCUT2D eigenvalue weighted by atomic mass is 15.1. The minimum Gasteiger partial charge on any atom is -0.310 e. The Bertz CT molecular complexity index is 2420. The van der Waals surface area contributed by atoms with Gasteiger partial charge in [-0.05, 0) is 133 Å². The van der Waals surface area contributed by atoms with Gasteiger partial charge in [0.25, 0.3) is 0 Å². The standard InChI is InChI=1S/C45H35N/c1-28-8-5-12-34(24-28)46(35-13-6-9-29(2)25-35)36-19-23-39-38-21-18-33(26-41(38)45(3,4)42(39)27-36)37-20-16-32-15-14-30-10-7-11-31-17-22-40(37)44(32)43(30)31/h5-27H,1-4H3. The molecule has 0 radical (unpaired) electrons. The summed E-state index contributed by atoms with van der Waals surface area (Å²) >= 11 is 0. The second kappa shape index (κ2) is 9.80. The second-order valence-corrected chi connectivity index (χ2v) is 13.6. The number of hydrogen-bond donors (Lipinski definition) is 0. The van der Waals surface area contributed by atoms with E-state index in [0.717, 1.165) is 0 Å². The quantitative estimate of drug-likeness (QED) is 0.185. The lowest BCUT2D eigenvalue weighted by Crippen LogP contribution is -2.16. The van der Waals surface area contributed by atoms with Crippen LogP contribution in [0.2, 0.25) is 0 Å². The zero-order chi connectivity index (χ0) is 31.2. The lowest BCUT2D eigenvalue weighted by atomic mass is 9.81. The average Bonchev–Trinajstić information content (AvgIpc) is 3.29. The molecule has 1 nitrogen and oxygen atoms in total. The lowest BCUT2D eigenvalue weighted by Gasteiger charge is -2.28. The highest BCUT2D eigenvalue weighted by Crippen LogP contribution is 2.52. The fraction of sp³-hybridized carbons (Fsp3) is 0.111. The largest absolute Gasteiger partial charge is 0.310 e. The van der Waals surface area contributed by atoms with Crippen molar-refractivity contribution in [2.24, 2.45) is 0 Å². The van der Waals surface area contributed by atoms with Gasteiger partial charge in [0, 0.05) is 22.5 Å². The number of anilines is 3. The molecule has 0 aromatic heterocycles. The fourth-order valence-corrected chi connectivity index (χ4v) is 8.00. The highest BCUT2D eigenvalue weighted by Gasteiger charge is 2.36. The molecule has 0 unspecified atom stereocenters. The Morgan fingerprint density at radius 1 is 0.435 bits per heavy atom. The summed E-state index contributed by atoms with van der Waals surface area (Å²) in [6, 6.07) is 52.2. The minimum absolute atomic E-state index is 0.147. The Kier molecular flexibility index (Phi) is 5.74. The molecule has 0 aliphatic heterocycles. The van der Waals surface area contributed by atoms with E-state index in [0.29, 0.717) is 0 Å². The molecule has 46 heavy (non-hydrogen) atoms. The zero-order valence-electron chi connectivity index (χ0n) is 26.7. The third-order valence-corrected chi connectivity index (χ3v) is 10.3. The van der Waals surface area contributed by atoms with E-state index in [1.807, 2.05) is 0 Å². The number of nitrogens with zero attached hydrogens (tertiary/aromatic N) is 1. The number of rotatable bonds is 4. The van der Waals surface area contributed by atoms with Crippen molar-refractivity contribution < 1.29 is 0 Å². The predicted molar refractivity (Wildman–Crippen MR) is 197 cm³/mol. The maximum Gasteiger partial charge on any atom is 0.0465 e. The monoisotopic (exact) mass is 589 g/mol. The molecule has 1 aliphatic carbocycles. The molecule has 0 N–H and O–H groups in total. The molecule has 0 atom stereocenters. The first-order chi connectivity index (χ1) is 22.4. The van der Waals surface area contributed by atoms with Crippen molar-refractivity contribution in [2.45, 2.75) is 33.1 Å². The van der Waals surface area contributed by atoms with Gasteiger partial charge in [-0.25, -0.2) is 0 Å². The van der Waals surface area contributed by atoms with Crippen LogP contribution in [0.4, 0.5) is 17.1 Å². The smallest absolute Gasteiger partial charge is 0.0465 e. The van der Waals surface area contributed by atoms with Crippen LogP contribution in [0.5, 0.6) is 0 Å². The Morgan fingerprint density at radius 2 is 0.957 bits per heavy atom. The SMILES string of the molecule is Cc1cccc(N(c2cccc(C)c2)c2ccc3c(c2)C(C)(C)c2cc(-c4ccc5ccc6cccc7ccc4c5c67)ccc2-3)c1. The van der Waals surface area contributed by atoms with Gasteiger partial charge in [-0.15, -0.1) is 0 Å². The van der Waals surface area contributed by atoms with Crippen LogP contribution in [0, 0.1) is 13.8 Å². The number of benzene rings is 8. The summed E-state index contributed by atoms with van der Waals surface area (Å²) in [6.45, 7) is 9.11. The first-order valence-electron chi connectivity index (χ1n) is 16.3. The zero-order valence-corrected chi connectivity index (χ0v) is 26.7. The highest BCUT2D eigenvalue weighted by molar-refractivity contribution is 6.25. The molecule has 1 aliphatic rings. The van der Waals surface area contributed by atoms with Crippen LogP contribution in [0.25, 0.3) is 54.6 Å². The van der Waals surface area contributed by atoms with Crippen molar-refractivity contribution in [1.82, 2.24) is 0 Å². The number of fused-ring (bicyclic) bond motifs is 3. The fourth-order valence-electron chi connectivity index (χ4n) is 8.00. The van der Waals surface area contributed by atoms with Crippen molar-refractivity contribution in [3.05, 3.63) is 162 Å². The normalized spacial score (nSPS) is 13.4.